The summed E-state index contributed by atoms with van der Waals surface area (Å²) in [5, 5.41) is 37.6. The molecule has 10 nitrogen and oxygen atoms in total. The second-order valence-electron chi connectivity index (χ2n) is 5.10. The number of guanidine groups is 1. The van der Waals surface area contributed by atoms with Gasteiger partial charge in [-0.2, -0.15) is 5.26 Å². The van der Waals surface area contributed by atoms with Gasteiger partial charge in [0.2, 0.25) is 12.2 Å². The maximum absolute atomic E-state index is 13.3. The Morgan fingerprint density at radius 3 is 2.85 bits per heavy atom. The second-order valence-corrected chi connectivity index (χ2v) is 5.96. The monoisotopic (exact) mass is 424 g/mol. The van der Waals surface area contributed by atoms with E-state index < -0.39 is 11.7 Å². The van der Waals surface area contributed by atoms with Crippen molar-refractivity contribution in [1.82, 2.24) is 20.5 Å². The summed E-state index contributed by atoms with van der Waals surface area (Å²) in [6.45, 7) is 0.0425. The number of benzene rings is 1. The fourth-order valence-electron chi connectivity index (χ4n) is 1.86. The molecule has 0 spiro atoms. The average molecular weight is 425 g/mol. The predicted molar refractivity (Wildman–Crippen MR) is 93.1 cm³/mol. The molecule has 1 aromatic carbocycles. The number of aliphatic imine (C=N–C) groups is 1. The lowest BCUT2D eigenvalue weighted by atomic mass is 10.2. The van der Waals surface area contributed by atoms with Gasteiger partial charge in [-0.05, 0) is 39.3 Å². The van der Waals surface area contributed by atoms with Crippen molar-refractivity contribution in [2.24, 2.45) is 4.99 Å². The Kier molecular flexibility index (Phi) is 6.21. The van der Waals surface area contributed by atoms with Gasteiger partial charge in [0, 0.05) is 14.1 Å². The molecule has 0 fully saturated rings. The Morgan fingerprint density at radius 1 is 1.50 bits per heavy atom. The van der Waals surface area contributed by atoms with Crippen molar-refractivity contribution in [3.05, 3.63) is 39.9 Å². The molecule has 1 aromatic heterocycles. The summed E-state index contributed by atoms with van der Waals surface area (Å²) in [6, 6.07) is 3.74. The number of hydrogen-bond donors (Lipinski definition) is 3. The van der Waals surface area contributed by atoms with Crippen LogP contribution in [0.5, 0.6) is 0 Å². The third kappa shape index (κ3) is 4.32. The smallest absolute Gasteiger partial charge is 0.209 e. The van der Waals surface area contributed by atoms with Crippen LogP contribution in [-0.2, 0) is 6.54 Å². The Hall–Kier alpha value is -3.04. The number of nitrogens with one attached hydrogen (secondary N) is 2. The first-order chi connectivity index (χ1) is 12.3. The molecule has 0 bridgehead atoms. The number of nitrogens with zero attached hydrogens (tertiary/aromatic N) is 6. The number of hydrogen-bond acceptors (Lipinski definition) is 7. The first kappa shape index (κ1) is 19.3. The number of anilines is 1. The van der Waals surface area contributed by atoms with Crippen molar-refractivity contribution in [3.8, 4) is 6.19 Å². The van der Waals surface area contributed by atoms with Crippen LogP contribution in [0, 0.1) is 22.7 Å². The first-order valence-electron chi connectivity index (χ1n) is 7.07. The molecule has 0 saturated carbocycles. The molecule has 0 atom stereocenters. The van der Waals surface area contributed by atoms with Gasteiger partial charge in [-0.1, -0.05) is 5.16 Å². The standard InChI is InChI=1S/C14H14BrFN8O2/c1-23(2)14(20-7-17)19-6-11-12(22-26-21-11)13(18)24(25)8-3-4-10(16)9(15)5-8/h3-5,18,25H,6H2,1-2H3,(H,19,20). The Morgan fingerprint density at radius 2 is 2.23 bits per heavy atom. The van der Waals surface area contributed by atoms with E-state index in [2.05, 4.69) is 41.2 Å². The highest BCUT2D eigenvalue weighted by molar-refractivity contribution is 9.10. The molecule has 136 valence electrons. The van der Waals surface area contributed by atoms with E-state index in [0.29, 0.717) is 5.06 Å². The van der Waals surface area contributed by atoms with Crippen LogP contribution in [0.25, 0.3) is 0 Å². The average Bonchev–Trinajstić information content (AvgIpc) is 3.07. The highest BCUT2D eigenvalue weighted by Crippen LogP contribution is 2.23. The van der Waals surface area contributed by atoms with Crippen molar-refractivity contribution >= 4 is 33.4 Å². The predicted octanol–water partition coefficient (Wildman–Crippen LogP) is 1.68. The van der Waals surface area contributed by atoms with Crippen LogP contribution < -0.4 is 10.4 Å². The van der Waals surface area contributed by atoms with Gasteiger partial charge in [-0.15, -0.1) is 4.99 Å². The minimum absolute atomic E-state index is 0.0319. The second kappa shape index (κ2) is 8.37. The Balaban J connectivity index is 2.18. The van der Waals surface area contributed by atoms with E-state index >= 15 is 0 Å². The first-order valence-corrected chi connectivity index (χ1v) is 7.86. The van der Waals surface area contributed by atoms with Gasteiger partial charge < -0.3 is 10.2 Å². The quantitative estimate of drug-likeness (QED) is 0.291. The molecule has 0 aliphatic carbocycles. The molecule has 0 aliphatic rings. The maximum atomic E-state index is 13.3. The molecule has 12 heteroatoms. The van der Waals surface area contributed by atoms with Crippen molar-refractivity contribution in [2.75, 3.05) is 19.2 Å². The molecule has 1 heterocycles. The van der Waals surface area contributed by atoms with Crippen LogP contribution in [0.4, 0.5) is 10.1 Å². The van der Waals surface area contributed by atoms with E-state index in [0.717, 1.165) is 6.07 Å². The van der Waals surface area contributed by atoms with Crippen molar-refractivity contribution in [3.63, 3.8) is 0 Å². The molecule has 0 radical (unpaired) electrons. The SMILES string of the molecule is CN(C)/C(=N\C#N)NCc1nonc1C(=N)N(O)c1ccc(F)c(Br)c1. The zero-order chi connectivity index (χ0) is 19.3. The van der Waals surface area contributed by atoms with Crippen molar-refractivity contribution < 1.29 is 14.2 Å². The fraction of sp³-hybridized carbons (Fsp3) is 0.214. The van der Waals surface area contributed by atoms with Crippen LogP contribution in [0.1, 0.15) is 11.4 Å². The summed E-state index contributed by atoms with van der Waals surface area (Å²) in [6.07, 6.45) is 1.66. The summed E-state index contributed by atoms with van der Waals surface area (Å²) in [7, 11) is 3.38. The van der Waals surface area contributed by atoms with E-state index in [4.69, 9.17) is 10.7 Å². The minimum Gasteiger partial charge on any atom is -0.349 e. The largest absolute Gasteiger partial charge is 0.349 e. The number of nitriles is 1. The molecule has 0 amide bonds. The highest BCUT2D eigenvalue weighted by Gasteiger charge is 2.22. The zero-order valence-electron chi connectivity index (χ0n) is 13.7. The minimum atomic E-state index is -0.505. The molecular formula is C14H14BrFN8O2. The normalized spacial score (nSPS) is 11.0. The summed E-state index contributed by atoms with van der Waals surface area (Å²) in [5.41, 5.74) is 0.323. The topological polar surface area (TPSA) is 138 Å². The van der Waals surface area contributed by atoms with Gasteiger partial charge in [0.1, 0.15) is 11.5 Å². The van der Waals surface area contributed by atoms with E-state index in [-0.39, 0.29) is 34.1 Å². The number of amidine groups is 1. The fourth-order valence-corrected chi connectivity index (χ4v) is 2.22. The van der Waals surface area contributed by atoms with E-state index in [1.54, 1.807) is 25.2 Å². The number of rotatable bonds is 4. The number of aromatic nitrogens is 2. The summed E-state index contributed by atoms with van der Waals surface area (Å²) < 4.78 is 18.1. The van der Waals surface area contributed by atoms with Crippen molar-refractivity contribution in [2.45, 2.75) is 6.54 Å². The van der Waals surface area contributed by atoms with Crippen molar-refractivity contribution in [1.29, 1.82) is 10.7 Å². The van der Waals surface area contributed by atoms with Gasteiger partial charge in [-0.25, -0.2) is 14.1 Å². The van der Waals surface area contributed by atoms with Crippen LogP contribution in [-0.4, -0.2) is 46.3 Å². The van der Waals surface area contributed by atoms with Gasteiger partial charge in [0.05, 0.1) is 16.7 Å². The summed E-state index contributed by atoms with van der Waals surface area (Å²) >= 11 is 3.01. The lowest BCUT2D eigenvalue weighted by molar-refractivity contribution is 0.297. The van der Waals surface area contributed by atoms with Gasteiger partial charge in [-0.3, -0.25) is 10.6 Å². The maximum Gasteiger partial charge on any atom is 0.209 e. The number of halogens is 2. The van der Waals surface area contributed by atoms with Gasteiger partial charge >= 0.3 is 0 Å². The third-order valence-electron chi connectivity index (χ3n) is 3.13. The lowest BCUT2D eigenvalue weighted by Gasteiger charge is -2.17. The molecule has 0 aliphatic heterocycles. The highest BCUT2D eigenvalue weighted by atomic mass is 79.9. The molecule has 26 heavy (non-hydrogen) atoms. The van der Waals surface area contributed by atoms with Gasteiger partial charge in [0.15, 0.2) is 11.5 Å². The molecule has 2 rings (SSSR count). The van der Waals surface area contributed by atoms with E-state index in [1.165, 1.54) is 12.1 Å². The van der Waals surface area contributed by atoms with Crippen LogP contribution in [0.2, 0.25) is 0 Å². The molecular weight excluding hydrogens is 411 g/mol. The lowest BCUT2D eigenvalue weighted by Crippen LogP contribution is -2.36. The van der Waals surface area contributed by atoms with Crippen LogP contribution in [0.3, 0.4) is 0 Å². The Labute approximate surface area is 156 Å². The Bertz CT molecular complexity index is 876. The van der Waals surface area contributed by atoms with E-state index in [9.17, 15) is 9.60 Å². The van der Waals surface area contributed by atoms with Crippen LogP contribution in [0.15, 0.2) is 32.3 Å². The molecule has 0 unspecified atom stereocenters. The number of hydroxylamine groups is 1. The molecule has 3 N–H and O–H groups in total. The summed E-state index contributed by atoms with van der Waals surface area (Å²) in [5.74, 6) is -0.656. The van der Waals surface area contributed by atoms with Gasteiger partial charge in [0.25, 0.3) is 0 Å². The zero-order valence-corrected chi connectivity index (χ0v) is 15.3. The summed E-state index contributed by atoms with van der Waals surface area (Å²) in [4.78, 5) is 5.18. The van der Waals surface area contributed by atoms with Crippen LogP contribution >= 0.6 is 15.9 Å². The molecule has 2 aromatic rings. The third-order valence-corrected chi connectivity index (χ3v) is 3.74. The van der Waals surface area contributed by atoms with E-state index in [1.807, 2.05) is 0 Å². The molecule has 0 saturated heterocycles.